The molecular weight excluding hydrogens is 338 g/mol. The second-order valence-corrected chi connectivity index (χ2v) is 6.72. The number of anilines is 1. The van der Waals surface area contributed by atoms with Crippen molar-refractivity contribution < 1.29 is 9.53 Å². The molecule has 1 N–H and O–H groups in total. The smallest absolute Gasteiger partial charge is 0.177 e. The number of para-hydroxylation sites is 1. The summed E-state index contributed by atoms with van der Waals surface area (Å²) < 4.78 is 5.50. The summed E-state index contributed by atoms with van der Waals surface area (Å²) in [6.45, 7) is 4.62. The number of benzene rings is 2. The van der Waals surface area contributed by atoms with Gasteiger partial charge in [0.2, 0.25) is 0 Å². The van der Waals surface area contributed by atoms with Crippen molar-refractivity contribution >= 4 is 17.2 Å². The lowest BCUT2D eigenvalue weighted by atomic mass is 9.98. The van der Waals surface area contributed by atoms with E-state index < -0.39 is 0 Å². The monoisotopic (exact) mass is 365 g/mol. The number of carbonyl (C=O) groups is 1. The molecule has 0 radical (unpaired) electrons. The van der Waals surface area contributed by atoms with Gasteiger partial charge in [0, 0.05) is 20.0 Å². The number of Topliss-reactive ketones (excluding diaryl/α,β-unsaturated/α-hetero) is 1. The van der Waals surface area contributed by atoms with Crippen LogP contribution in [0.15, 0.2) is 65.8 Å². The second-order valence-electron chi connectivity index (χ2n) is 6.72. The zero-order valence-corrected chi connectivity index (χ0v) is 15.8. The largest absolute Gasteiger partial charge is 0.379 e. The fraction of sp³-hybridized carbons (Fsp3) is 0.364. The molecule has 0 amide bonds. The maximum Gasteiger partial charge on any atom is 0.177 e. The van der Waals surface area contributed by atoms with Crippen LogP contribution in [0.4, 0.5) is 5.69 Å². The lowest BCUT2D eigenvalue weighted by Gasteiger charge is -2.34. The van der Waals surface area contributed by atoms with Gasteiger partial charge in [0.25, 0.3) is 0 Å². The van der Waals surface area contributed by atoms with Gasteiger partial charge >= 0.3 is 0 Å². The van der Waals surface area contributed by atoms with E-state index in [1.54, 1.807) is 6.92 Å². The molecule has 0 spiro atoms. The normalized spacial score (nSPS) is 16.7. The van der Waals surface area contributed by atoms with Gasteiger partial charge in [-0.05, 0) is 30.5 Å². The Morgan fingerprint density at radius 3 is 2.33 bits per heavy atom. The number of carbonyl (C=O) groups excluding carboxylic acids is 1. The zero-order chi connectivity index (χ0) is 18.9. The Bertz CT molecular complexity index is 741. The molecule has 1 aliphatic heterocycles. The van der Waals surface area contributed by atoms with Gasteiger partial charge in [-0.25, -0.2) is 0 Å². The molecule has 3 rings (SSSR count). The Morgan fingerprint density at radius 2 is 1.70 bits per heavy atom. The molecule has 1 aliphatic rings. The summed E-state index contributed by atoms with van der Waals surface area (Å²) in [4.78, 5) is 14.8. The van der Waals surface area contributed by atoms with Crippen LogP contribution in [-0.2, 0) is 16.0 Å². The number of hydrogen-bond acceptors (Lipinski definition) is 5. The molecule has 1 fully saturated rings. The molecule has 5 nitrogen and oxygen atoms in total. The number of aryl methyl sites for hydroxylation is 1. The maximum atomic E-state index is 12.4. The second kappa shape index (κ2) is 10.00. The van der Waals surface area contributed by atoms with Crippen LogP contribution in [0.1, 0.15) is 18.9 Å². The first-order valence-corrected chi connectivity index (χ1v) is 9.49. The molecule has 0 saturated carbocycles. The average molecular weight is 365 g/mol. The number of ether oxygens (including phenoxy) is 1. The summed E-state index contributed by atoms with van der Waals surface area (Å²) in [6.07, 6.45) is 1.75. The highest BCUT2D eigenvalue weighted by Gasteiger charge is 2.28. The third-order valence-corrected chi connectivity index (χ3v) is 4.79. The van der Waals surface area contributed by atoms with Crippen LogP contribution in [0.25, 0.3) is 0 Å². The van der Waals surface area contributed by atoms with Gasteiger partial charge in [-0.3, -0.25) is 15.1 Å². The number of hydrogen-bond donors (Lipinski definition) is 1. The van der Waals surface area contributed by atoms with E-state index in [-0.39, 0.29) is 11.8 Å². The number of morpholine rings is 1. The maximum absolute atomic E-state index is 12.4. The van der Waals surface area contributed by atoms with E-state index in [9.17, 15) is 4.79 Å². The number of ketones is 1. The predicted molar refractivity (Wildman–Crippen MR) is 109 cm³/mol. The standard InChI is InChI=1S/C22H27N3O2/c1-18(26)22(24-23-20-10-6-3-7-11-20)21(25-14-16-27-17-15-25)13-12-19-8-4-2-5-9-19/h2-11,21,23H,12-17H2,1H3/b24-22+. The van der Waals surface area contributed by atoms with E-state index in [0.717, 1.165) is 31.6 Å². The quantitative estimate of drug-likeness (QED) is 0.576. The summed E-state index contributed by atoms with van der Waals surface area (Å²) in [5.41, 5.74) is 5.78. The van der Waals surface area contributed by atoms with Crippen molar-refractivity contribution in [1.82, 2.24) is 4.90 Å². The van der Waals surface area contributed by atoms with Crippen molar-refractivity contribution in [2.75, 3.05) is 31.7 Å². The van der Waals surface area contributed by atoms with Crippen molar-refractivity contribution in [2.24, 2.45) is 5.10 Å². The topological polar surface area (TPSA) is 53.9 Å². The van der Waals surface area contributed by atoms with Crippen molar-refractivity contribution in [1.29, 1.82) is 0 Å². The molecule has 1 unspecified atom stereocenters. The summed E-state index contributed by atoms with van der Waals surface area (Å²) in [5.74, 6) is 0.00276. The van der Waals surface area contributed by atoms with E-state index in [1.807, 2.05) is 36.4 Å². The number of nitrogens with one attached hydrogen (secondary N) is 1. The predicted octanol–water partition coefficient (Wildman–Crippen LogP) is 3.38. The molecule has 0 bridgehead atoms. The summed E-state index contributed by atoms with van der Waals surface area (Å²) in [6, 6.07) is 20.1. The van der Waals surface area contributed by atoms with Gasteiger partial charge in [-0.2, -0.15) is 5.10 Å². The van der Waals surface area contributed by atoms with Crippen LogP contribution >= 0.6 is 0 Å². The minimum atomic E-state index is -0.0252. The number of rotatable bonds is 8. The summed E-state index contributed by atoms with van der Waals surface area (Å²) in [7, 11) is 0. The molecule has 0 aromatic heterocycles. The van der Waals surface area contributed by atoms with Gasteiger partial charge < -0.3 is 4.74 Å². The van der Waals surface area contributed by atoms with Crippen molar-refractivity contribution in [2.45, 2.75) is 25.8 Å². The van der Waals surface area contributed by atoms with Gasteiger partial charge in [-0.15, -0.1) is 0 Å². The Kier molecular flexibility index (Phi) is 7.13. The lowest BCUT2D eigenvalue weighted by molar-refractivity contribution is -0.111. The van der Waals surface area contributed by atoms with E-state index in [4.69, 9.17) is 4.74 Å². The zero-order valence-electron chi connectivity index (χ0n) is 15.8. The van der Waals surface area contributed by atoms with E-state index in [0.29, 0.717) is 18.9 Å². The van der Waals surface area contributed by atoms with E-state index in [1.165, 1.54) is 5.56 Å². The Balaban J connectivity index is 1.79. The van der Waals surface area contributed by atoms with Crippen LogP contribution < -0.4 is 5.43 Å². The first-order chi connectivity index (χ1) is 13.2. The van der Waals surface area contributed by atoms with Crippen LogP contribution in [0, 0.1) is 0 Å². The van der Waals surface area contributed by atoms with Crippen LogP contribution in [0.3, 0.4) is 0 Å². The minimum absolute atomic E-state index is 0.00276. The highest BCUT2D eigenvalue weighted by atomic mass is 16.5. The Hall–Kier alpha value is -2.50. The molecule has 142 valence electrons. The molecule has 27 heavy (non-hydrogen) atoms. The van der Waals surface area contributed by atoms with Crippen molar-refractivity contribution in [3.8, 4) is 0 Å². The number of hydrazone groups is 1. The lowest BCUT2D eigenvalue weighted by Crippen LogP contribution is -2.49. The van der Waals surface area contributed by atoms with Crippen molar-refractivity contribution in [3.05, 3.63) is 66.2 Å². The Labute approximate surface area is 161 Å². The van der Waals surface area contributed by atoms with E-state index in [2.05, 4.69) is 39.7 Å². The number of nitrogens with zero attached hydrogens (tertiary/aromatic N) is 2. The van der Waals surface area contributed by atoms with Gasteiger partial charge in [0.1, 0.15) is 5.71 Å². The first kappa shape index (κ1) is 19.3. The molecule has 2 aromatic rings. The molecule has 1 atom stereocenters. The van der Waals surface area contributed by atoms with Crippen LogP contribution in [-0.4, -0.2) is 48.7 Å². The highest BCUT2D eigenvalue weighted by Crippen LogP contribution is 2.15. The molecule has 2 aromatic carbocycles. The highest BCUT2D eigenvalue weighted by molar-refractivity contribution is 6.41. The molecule has 1 saturated heterocycles. The molecule has 0 aliphatic carbocycles. The van der Waals surface area contributed by atoms with Crippen LogP contribution in [0.2, 0.25) is 0 Å². The first-order valence-electron chi connectivity index (χ1n) is 9.49. The molecule has 5 heteroatoms. The van der Waals surface area contributed by atoms with Crippen LogP contribution in [0.5, 0.6) is 0 Å². The van der Waals surface area contributed by atoms with Gasteiger partial charge in [-0.1, -0.05) is 48.5 Å². The summed E-state index contributed by atoms with van der Waals surface area (Å²) in [5, 5.41) is 4.52. The fourth-order valence-electron chi connectivity index (χ4n) is 3.35. The Morgan fingerprint density at radius 1 is 1.07 bits per heavy atom. The molecular formula is C22H27N3O2. The molecule has 1 heterocycles. The third-order valence-electron chi connectivity index (χ3n) is 4.79. The summed E-state index contributed by atoms with van der Waals surface area (Å²) >= 11 is 0. The average Bonchev–Trinajstić information content (AvgIpc) is 2.72. The van der Waals surface area contributed by atoms with E-state index >= 15 is 0 Å². The van der Waals surface area contributed by atoms with Crippen molar-refractivity contribution in [3.63, 3.8) is 0 Å². The van der Waals surface area contributed by atoms with Gasteiger partial charge in [0.15, 0.2) is 5.78 Å². The van der Waals surface area contributed by atoms with Gasteiger partial charge in [0.05, 0.1) is 24.9 Å². The fourth-order valence-corrected chi connectivity index (χ4v) is 3.35. The SMILES string of the molecule is CC(=O)/C(=N\Nc1ccccc1)C(CCc1ccccc1)N1CCOCC1. The third kappa shape index (κ3) is 5.74. The minimum Gasteiger partial charge on any atom is -0.379 e.